The molecule has 0 spiro atoms. The highest BCUT2D eigenvalue weighted by molar-refractivity contribution is 5.84. The van der Waals surface area contributed by atoms with Gasteiger partial charge in [-0.05, 0) is 25.7 Å². The Bertz CT molecular complexity index is 838. The van der Waals surface area contributed by atoms with Crippen LogP contribution in [0.3, 0.4) is 0 Å². The number of unbranched alkanes of at least 4 members (excludes halogenated alkanes) is 3. The number of hydrogen-bond donors (Lipinski definition) is 7. The molecule has 3 amide bonds. The van der Waals surface area contributed by atoms with Crippen molar-refractivity contribution < 1.29 is 58.6 Å². The van der Waals surface area contributed by atoms with Gasteiger partial charge in [0.2, 0.25) is 17.7 Å². The van der Waals surface area contributed by atoms with E-state index in [9.17, 15) is 39.6 Å². The molecule has 2 fully saturated rings. The van der Waals surface area contributed by atoms with Gasteiger partial charge in [0.1, 0.15) is 18.5 Å². The van der Waals surface area contributed by atoms with Gasteiger partial charge in [0.25, 0.3) is 0 Å². The van der Waals surface area contributed by atoms with E-state index in [1.165, 1.54) is 4.90 Å². The maximum Gasteiger partial charge on any atom is 0.234 e. The van der Waals surface area contributed by atoms with Crippen LogP contribution in [0.4, 0.5) is 0 Å². The topological polar surface area (TPSA) is 225 Å². The number of amides is 3. The summed E-state index contributed by atoms with van der Waals surface area (Å²) >= 11 is 0. The van der Waals surface area contributed by atoms with Gasteiger partial charge in [0.05, 0.1) is 51.7 Å². The fourth-order valence-electron chi connectivity index (χ4n) is 4.50. The molecule has 2 aliphatic heterocycles. The van der Waals surface area contributed by atoms with Crippen molar-refractivity contribution in [2.24, 2.45) is 0 Å². The van der Waals surface area contributed by atoms with E-state index in [2.05, 4.69) is 16.0 Å². The Morgan fingerprint density at radius 2 is 1.44 bits per heavy atom. The van der Waals surface area contributed by atoms with Crippen LogP contribution >= 0.6 is 0 Å². The van der Waals surface area contributed by atoms with Gasteiger partial charge >= 0.3 is 0 Å². The van der Waals surface area contributed by atoms with Crippen LogP contribution in [-0.4, -0.2) is 152 Å². The third-order valence-electron chi connectivity index (χ3n) is 6.78. The van der Waals surface area contributed by atoms with Crippen molar-refractivity contribution in [2.75, 3.05) is 65.7 Å². The number of aldehydes is 1. The van der Waals surface area contributed by atoms with E-state index in [-0.39, 0.29) is 64.9 Å². The Morgan fingerprint density at radius 1 is 0.837 bits per heavy atom. The van der Waals surface area contributed by atoms with Crippen LogP contribution in [0.25, 0.3) is 0 Å². The van der Waals surface area contributed by atoms with Gasteiger partial charge in [-0.2, -0.15) is 0 Å². The summed E-state index contributed by atoms with van der Waals surface area (Å²) in [6, 6.07) is 0. The zero-order valence-corrected chi connectivity index (χ0v) is 24.6. The lowest BCUT2D eigenvalue weighted by Crippen LogP contribution is -2.51. The molecule has 0 aromatic rings. The molecule has 0 aromatic heterocycles. The molecule has 16 nitrogen and oxygen atoms in total. The quantitative estimate of drug-likeness (QED) is 0.0495. The molecule has 0 saturated carbocycles. The number of carbonyl (C=O) groups is 4. The highest BCUT2D eigenvalue weighted by atomic mass is 16.7. The number of ether oxygens (including phenoxy) is 4. The number of carbonyl (C=O) groups excluding carboxylic acids is 4. The van der Waals surface area contributed by atoms with E-state index in [4.69, 9.17) is 18.9 Å². The third-order valence-corrected chi connectivity index (χ3v) is 6.78. The van der Waals surface area contributed by atoms with Crippen LogP contribution in [0.15, 0.2) is 0 Å². The maximum atomic E-state index is 12.6. The number of aliphatic hydroxyl groups is 4. The van der Waals surface area contributed by atoms with Crippen LogP contribution in [0.1, 0.15) is 44.9 Å². The maximum absolute atomic E-state index is 12.6. The molecule has 2 rings (SSSR count). The first-order chi connectivity index (χ1) is 20.7. The number of aliphatic hydroxyl groups excluding tert-OH is 4. The third kappa shape index (κ3) is 15.3. The molecule has 0 radical (unpaired) electrons. The van der Waals surface area contributed by atoms with E-state index in [0.717, 1.165) is 25.5 Å². The predicted molar refractivity (Wildman–Crippen MR) is 149 cm³/mol. The Labute approximate surface area is 251 Å². The standard InChI is InChI=1S/C27H48N4O12/c32-10-4-2-1-3-7-28-22(36)15-31(16-23(37)29-8-12-41-26-20(34)6-5-11-40-26)17-24(38)30-9-13-42-27-25(39)21(35)14-19(18-33)43-27/h10,19-21,25-27,33-35,39H,1-9,11-18H2,(H,28,36)(H,29,37)(H,30,38). The first-order valence-electron chi connectivity index (χ1n) is 14.8. The second-order valence-electron chi connectivity index (χ2n) is 10.5. The lowest BCUT2D eigenvalue weighted by Gasteiger charge is -2.36. The SMILES string of the molecule is O=CCCCCCNC(=O)CN(CC(=O)NCCOC1OCCCC1O)CC(=O)NCCOC1OC(CO)CC(O)C1O. The molecular weight excluding hydrogens is 572 g/mol. The molecule has 2 heterocycles. The zero-order valence-electron chi connectivity index (χ0n) is 24.6. The summed E-state index contributed by atoms with van der Waals surface area (Å²) in [7, 11) is 0. The Balaban J connectivity index is 1.77. The highest BCUT2D eigenvalue weighted by Gasteiger charge is 2.37. The minimum atomic E-state index is -1.30. The van der Waals surface area contributed by atoms with Gasteiger partial charge in [-0.25, -0.2) is 0 Å². The molecule has 2 aliphatic rings. The fraction of sp³-hybridized carbons (Fsp3) is 0.852. The van der Waals surface area contributed by atoms with Crippen LogP contribution in [0, 0.1) is 0 Å². The summed E-state index contributed by atoms with van der Waals surface area (Å²) in [5, 5.41) is 47.1. The van der Waals surface area contributed by atoms with Crippen LogP contribution < -0.4 is 16.0 Å². The smallest absolute Gasteiger partial charge is 0.234 e. The largest absolute Gasteiger partial charge is 0.394 e. The number of rotatable bonds is 21. The summed E-state index contributed by atoms with van der Waals surface area (Å²) < 4.78 is 21.6. The highest BCUT2D eigenvalue weighted by Crippen LogP contribution is 2.21. The minimum absolute atomic E-state index is 0.0186. The Hall–Kier alpha value is -2.28. The Morgan fingerprint density at radius 3 is 2.02 bits per heavy atom. The van der Waals surface area contributed by atoms with Crippen molar-refractivity contribution in [2.45, 2.75) is 81.9 Å². The molecule has 7 N–H and O–H groups in total. The molecular formula is C27H48N4O12. The van der Waals surface area contributed by atoms with Crippen molar-refractivity contribution in [3.05, 3.63) is 0 Å². The molecule has 248 valence electrons. The van der Waals surface area contributed by atoms with Gasteiger partial charge in [-0.1, -0.05) is 6.42 Å². The number of nitrogens with zero attached hydrogens (tertiary/aromatic N) is 1. The molecule has 0 bridgehead atoms. The van der Waals surface area contributed by atoms with Gasteiger partial charge < -0.3 is 60.1 Å². The van der Waals surface area contributed by atoms with E-state index < -0.39 is 48.8 Å². The monoisotopic (exact) mass is 620 g/mol. The first kappa shape index (κ1) is 36.9. The molecule has 6 unspecified atom stereocenters. The molecule has 6 atom stereocenters. The van der Waals surface area contributed by atoms with Crippen molar-refractivity contribution in [1.29, 1.82) is 0 Å². The van der Waals surface area contributed by atoms with Gasteiger partial charge in [-0.3, -0.25) is 19.3 Å². The van der Waals surface area contributed by atoms with Gasteiger partial charge in [0.15, 0.2) is 12.6 Å². The van der Waals surface area contributed by atoms with Crippen molar-refractivity contribution in [1.82, 2.24) is 20.9 Å². The van der Waals surface area contributed by atoms with Crippen LogP contribution in [0.5, 0.6) is 0 Å². The number of nitrogens with one attached hydrogen (secondary N) is 3. The normalized spacial score (nSPS) is 25.7. The predicted octanol–water partition coefficient (Wildman–Crippen LogP) is -3.24. The molecule has 43 heavy (non-hydrogen) atoms. The van der Waals surface area contributed by atoms with Gasteiger partial charge in [-0.15, -0.1) is 0 Å². The average molecular weight is 621 g/mol. The molecule has 0 aliphatic carbocycles. The lowest BCUT2D eigenvalue weighted by molar-refractivity contribution is -0.270. The van der Waals surface area contributed by atoms with Crippen molar-refractivity contribution in [3.8, 4) is 0 Å². The van der Waals surface area contributed by atoms with Gasteiger partial charge in [0, 0.05) is 39.1 Å². The summed E-state index contributed by atoms with van der Waals surface area (Å²) in [5.41, 5.74) is 0. The Kier molecular flexibility index (Phi) is 18.4. The summed E-state index contributed by atoms with van der Waals surface area (Å²) in [6.45, 7) is -0.00157. The molecule has 0 aromatic carbocycles. The zero-order chi connectivity index (χ0) is 31.5. The van der Waals surface area contributed by atoms with E-state index >= 15 is 0 Å². The molecule has 2 saturated heterocycles. The summed E-state index contributed by atoms with van der Waals surface area (Å²) in [5.74, 6) is -1.29. The van der Waals surface area contributed by atoms with Crippen LogP contribution in [-0.2, 0) is 38.1 Å². The fourth-order valence-corrected chi connectivity index (χ4v) is 4.50. The number of hydrogen-bond acceptors (Lipinski definition) is 13. The average Bonchev–Trinajstić information content (AvgIpc) is 2.98. The lowest BCUT2D eigenvalue weighted by atomic mass is 10.0. The molecule has 16 heteroatoms. The van der Waals surface area contributed by atoms with Crippen molar-refractivity contribution >= 4 is 24.0 Å². The summed E-state index contributed by atoms with van der Waals surface area (Å²) in [4.78, 5) is 49.4. The van der Waals surface area contributed by atoms with E-state index in [1.54, 1.807) is 0 Å². The summed E-state index contributed by atoms with van der Waals surface area (Å²) in [6.07, 6.45) is -0.835. The second kappa shape index (κ2) is 21.4. The second-order valence-corrected chi connectivity index (χ2v) is 10.5. The van der Waals surface area contributed by atoms with Crippen molar-refractivity contribution in [3.63, 3.8) is 0 Å². The van der Waals surface area contributed by atoms with Crippen LogP contribution in [0.2, 0.25) is 0 Å². The van der Waals surface area contributed by atoms with E-state index in [1.807, 2.05) is 0 Å². The first-order valence-corrected chi connectivity index (χ1v) is 14.8. The van der Waals surface area contributed by atoms with E-state index in [0.29, 0.717) is 32.4 Å². The minimum Gasteiger partial charge on any atom is -0.394 e.